The number of hydrogen-bond donors (Lipinski definition) is 1. The van der Waals surface area contributed by atoms with Crippen LogP contribution in [0.5, 0.6) is 0 Å². The van der Waals surface area contributed by atoms with Crippen LogP contribution in [0.25, 0.3) is 11.3 Å². The summed E-state index contributed by atoms with van der Waals surface area (Å²) in [7, 11) is 0. The zero-order valence-corrected chi connectivity index (χ0v) is 7.31. The summed E-state index contributed by atoms with van der Waals surface area (Å²) in [4.78, 5) is 15.0. The molecule has 2 aromatic rings. The Hall–Kier alpha value is -2.10. The van der Waals surface area contributed by atoms with Crippen molar-refractivity contribution in [1.82, 2.24) is 4.98 Å². The van der Waals surface area contributed by atoms with Crippen molar-refractivity contribution in [2.45, 2.75) is 0 Å². The summed E-state index contributed by atoms with van der Waals surface area (Å²) in [5.74, 6) is 0.470. The van der Waals surface area contributed by atoms with Crippen molar-refractivity contribution < 1.29 is 4.42 Å². The molecule has 0 fully saturated rings. The number of anilines is 1. The molecule has 0 amide bonds. The van der Waals surface area contributed by atoms with Crippen molar-refractivity contribution >= 4 is 5.69 Å². The van der Waals surface area contributed by atoms with E-state index in [-0.39, 0.29) is 5.69 Å². The monoisotopic (exact) mass is 188 g/mol. The smallest absolute Gasteiger partial charge is 0.359 e. The summed E-state index contributed by atoms with van der Waals surface area (Å²) in [6.45, 7) is 0. The van der Waals surface area contributed by atoms with Gasteiger partial charge in [-0.15, -0.1) is 0 Å². The molecule has 0 radical (unpaired) electrons. The molecule has 4 nitrogen and oxygen atoms in total. The normalized spacial score (nSPS) is 10.0. The highest BCUT2D eigenvalue weighted by molar-refractivity contribution is 5.56. The molecule has 0 spiro atoms. The second-order valence-corrected chi connectivity index (χ2v) is 2.78. The highest BCUT2D eigenvalue weighted by Gasteiger charge is 2.02. The van der Waals surface area contributed by atoms with Gasteiger partial charge in [0.25, 0.3) is 0 Å². The molecular weight excluding hydrogens is 180 g/mol. The lowest BCUT2D eigenvalue weighted by Gasteiger charge is -1.98. The van der Waals surface area contributed by atoms with Gasteiger partial charge in [0.1, 0.15) is 11.4 Å². The maximum absolute atomic E-state index is 11.1. The molecule has 0 atom stereocenters. The van der Waals surface area contributed by atoms with Crippen molar-refractivity contribution in [2.24, 2.45) is 0 Å². The first-order chi connectivity index (χ1) is 6.77. The third-order valence-corrected chi connectivity index (χ3v) is 1.80. The molecule has 4 heteroatoms. The summed E-state index contributed by atoms with van der Waals surface area (Å²) in [6, 6.07) is 6.75. The van der Waals surface area contributed by atoms with Gasteiger partial charge in [-0.05, 0) is 24.3 Å². The van der Waals surface area contributed by atoms with Crippen LogP contribution in [0.1, 0.15) is 0 Å². The van der Waals surface area contributed by atoms with Crippen LogP contribution in [-0.4, -0.2) is 4.98 Å². The van der Waals surface area contributed by atoms with E-state index in [0.29, 0.717) is 5.76 Å². The van der Waals surface area contributed by atoms with Crippen molar-refractivity contribution in [1.29, 1.82) is 0 Å². The molecule has 2 heterocycles. The summed E-state index contributed by atoms with van der Waals surface area (Å²) in [5, 5.41) is 0. The van der Waals surface area contributed by atoms with Crippen LogP contribution in [0.2, 0.25) is 0 Å². The largest absolute Gasteiger partial charge is 0.421 e. The molecule has 2 aromatic heterocycles. The molecule has 2 N–H and O–H groups in total. The number of hydrogen-bond acceptors (Lipinski definition) is 4. The molecule has 2 rings (SSSR count). The van der Waals surface area contributed by atoms with E-state index in [1.165, 1.54) is 6.07 Å². The fourth-order valence-electron chi connectivity index (χ4n) is 1.09. The van der Waals surface area contributed by atoms with Gasteiger partial charge in [-0.1, -0.05) is 0 Å². The quantitative estimate of drug-likeness (QED) is 0.731. The Kier molecular flexibility index (Phi) is 2.02. The van der Waals surface area contributed by atoms with E-state index >= 15 is 0 Å². The molecule has 0 saturated heterocycles. The van der Waals surface area contributed by atoms with Crippen LogP contribution in [-0.2, 0) is 0 Å². The molecule has 0 aliphatic heterocycles. The molecule has 0 aromatic carbocycles. The maximum Gasteiger partial charge on any atom is 0.359 e. The van der Waals surface area contributed by atoms with Gasteiger partial charge >= 0.3 is 5.63 Å². The van der Waals surface area contributed by atoms with E-state index in [0.717, 1.165) is 5.56 Å². The number of nitrogens with zero attached hydrogens (tertiary/aromatic N) is 1. The van der Waals surface area contributed by atoms with Gasteiger partial charge in [-0.25, -0.2) is 4.79 Å². The molecular formula is C10H8N2O2. The van der Waals surface area contributed by atoms with Crippen LogP contribution in [0, 0.1) is 0 Å². The van der Waals surface area contributed by atoms with Crippen LogP contribution in [0.15, 0.2) is 45.9 Å². The fraction of sp³-hybridized carbons (Fsp3) is 0. The first-order valence-corrected chi connectivity index (χ1v) is 4.07. The lowest BCUT2D eigenvalue weighted by Crippen LogP contribution is -2.05. The highest BCUT2D eigenvalue weighted by atomic mass is 16.4. The Morgan fingerprint density at radius 3 is 2.79 bits per heavy atom. The second kappa shape index (κ2) is 3.33. The Morgan fingerprint density at radius 2 is 2.14 bits per heavy atom. The van der Waals surface area contributed by atoms with Crippen molar-refractivity contribution in [3.8, 4) is 11.3 Å². The summed E-state index contributed by atoms with van der Waals surface area (Å²) >= 11 is 0. The average molecular weight is 188 g/mol. The Bertz CT molecular complexity index is 491. The summed E-state index contributed by atoms with van der Waals surface area (Å²) in [6.07, 6.45) is 3.27. The number of nitrogens with two attached hydrogens (primary N) is 1. The predicted molar refractivity (Wildman–Crippen MR) is 52.6 cm³/mol. The van der Waals surface area contributed by atoms with Gasteiger partial charge in [-0.2, -0.15) is 0 Å². The molecule has 0 aliphatic rings. The minimum atomic E-state index is -0.522. The summed E-state index contributed by atoms with van der Waals surface area (Å²) < 4.78 is 4.97. The van der Waals surface area contributed by atoms with Gasteiger partial charge in [0.05, 0.1) is 0 Å². The fourth-order valence-corrected chi connectivity index (χ4v) is 1.09. The lowest BCUT2D eigenvalue weighted by molar-refractivity contribution is 0.529. The van der Waals surface area contributed by atoms with Gasteiger partial charge in [0, 0.05) is 18.0 Å². The maximum atomic E-state index is 11.1. The zero-order chi connectivity index (χ0) is 9.97. The SMILES string of the molecule is Nc1ccc(-c2cccnc2)oc1=O. The second-order valence-electron chi connectivity index (χ2n) is 2.78. The number of rotatable bonds is 1. The topological polar surface area (TPSA) is 69.1 Å². The molecule has 0 saturated carbocycles. The van der Waals surface area contributed by atoms with Gasteiger partial charge < -0.3 is 10.2 Å². The molecule has 14 heavy (non-hydrogen) atoms. The van der Waals surface area contributed by atoms with E-state index in [4.69, 9.17) is 10.2 Å². The molecule has 0 bridgehead atoms. The lowest BCUT2D eigenvalue weighted by atomic mass is 10.2. The summed E-state index contributed by atoms with van der Waals surface area (Å²) in [5.41, 5.74) is 5.69. The zero-order valence-electron chi connectivity index (χ0n) is 7.31. The van der Waals surface area contributed by atoms with Crippen molar-refractivity contribution in [3.05, 3.63) is 47.1 Å². The van der Waals surface area contributed by atoms with E-state index in [9.17, 15) is 4.79 Å². The Labute approximate surface area is 80.0 Å². The van der Waals surface area contributed by atoms with E-state index in [1.54, 1.807) is 24.5 Å². The number of aromatic nitrogens is 1. The number of pyridine rings is 1. The third-order valence-electron chi connectivity index (χ3n) is 1.80. The standard InChI is InChI=1S/C10H8N2O2/c11-8-3-4-9(14-10(8)13)7-2-1-5-12-6-7/h1-6H,11H2. The van der Waals surface area contributed by atoms with Gasteiger partial charge in [-0.3, -0.25) is 4.98 Å². The van der Waals surface area contributed by atoms with Crippen LogP contribution < -0.4 is 11.4 Å². The molecule has 0 unspecified atom stereocenters. The average Bonchev–Trinajstić information content (AvgIpc) is 2.23. The van der Waals surface area contributed by atoms with E-state index < -0.39 is 5.63 Å². The Morgan fingerprint density at radius 1 is 1.29 bits per heavy atom. The van der Waals surface area contributed by atoms with Crippen LogP contribution in [0.3, 0.4) is 0 Å². The Balaban J connectivity index is 2.54. The first-order valence-electron chi connectivity index (χ1n) is 4.07. The van der Waals surface area contributed by atoms with Crippen molar-refractivity contribution in [3.63, 3.8) is 0 Å². The minimum absolute atomic E-state index is 0.109. The minimum Gasteiger partial charge on any atom is -0.421 e. The van der Waals surface area contributed by atoms with Crippen molar-refractivity contribution in [2.75, 3.05) is 5.73 Å². The number of nitrogen functional groups attached to an aromatic ring is 1. The van der Waals surface area contributed by atoms with E-state index in [1.807, 2.05) is 6.07 Å². The predicted octanol–water partition coefficient (Wildman–Crippen LogP) is 1.28. The molecule has 70 valence electrons. The first kappa shape index (κ1) is 8.50. The highest BCUT2D eigenvalue weighted by Crippen LogP contribution is 2.16. The van der Waals surface area contributed by atoms with Crippen LogP contribution >= 0.6 is 0 Å². The van der Waals surface area contributed by atoms with Gasteiger partial charge in [0.2, 0.25) is 0 Å². The van der Waals surface area contributed by atoms with E-state index in [2.05, 4.69) is 4.98 Å². The van der Waals surface area contributed by atoms with Crippen LogP contribution in [0.4, 0.5) is 5.69 Å². The molecule has 0 aliphatic carbocycles. The third kappa shape index (κ3) is 1.50. The van der Waals surface area contributed by atoms with Gasteiger partial charge in [0.15, 0.2) is 0 Å².